The average Bonchev–Trinajstić information content (AvgIpc) is 3.33. The second-order valence-electron chi connectivity index (χ2n) is 7.66. The Bertz CT molecular complexity index is 1740. The van der Waals surface area contributed by atoms with Crippen LogP contribution < -0.4 is 0 Å². The van der Waals surface area contributed by atoms with Gasteiger partial charge in [-0.25, -0.2) is 0 Å². The minimum atomic E-state index is 1.02. The third kappa shape index (κ3) is 2.08. The summed E-state index contributed by atoms with van der Waals surface area (Å²) in [4.78, 5) is 0. The van der Waals surface area contributed by atoms with E-state index in [0.717, 1.165) is 5.69 Å². The lowest BCUT2D eigenvalue weighted by atomic mass is 10.0. The number of fused-ring (bicyclic) bond motifs is 8. The first-order chi connectivity index (χ1) is 14.9. The van der Waals surface area contributed by atoms with Gasteiger partial charge in [0, 0.05) is 30.9 Å². The summed E-state index contributed by atoms with van der Waals surface area (Å²) >= 11 is 1.87. The van der Waals surface area contributed by atoms with E-state index in [2.05, 4.69) is 95.6 Å². The van der Waals surface area contributed by atoms with Crippen molar-refractivity contribution >= 4 is 64.1 Å². The Hall–Kier alpha value is -3.80. The van der Waals surface area contributed by atoms with Crippen LogP contribution in [0.3, 0.4) is 0 Å². The Labute approximate surface area is 177 Å². The van der Waals surface area contributed by atoms with Crippen LogP contribution >= 0.6 is 11.3 Å². The van der Waals surface area contributed by atoms with E-state index in [1.807, 2.05) is 23.5 Å². The number of benzene rings is 4. The first kappa shape index (κ1) is 16.0. The van der Waals surface area contributed by atoms with Crippen LogP contribution in [0.4, 0.5) is 0 Å². The molecule has 30 heavy (non-hydrogen) atoms. The Morgan fingerprint density at radius 1 is 0.633 bits per heavy atom. The van der Waals surface area contributed by atoms with Crippen molar-refractivity contribution in [3.63, 3.8) is 0 Å². The van der Waals surface area contributed by atoms with Crippen molar-refractivity contribution in [2.45, 2.75) is 0 Å². The van der Waals surface area contributed by atoms with E-state index >= 15 is 0 Å². The Balaban J connectivity index is 1.71. The van der Waals surface area contributed by atoms with Gasteiger partial charge in [-0.3, -0.25) is 0 Å². The SMILES string of the molecule is c1cccc(-n2c3ccccc3c3c4cc5c(cc4ccc32)sc2ccccc25)c#1. The zero-order chi connectivity index (χ0) is 19.7. The predicted octanol–water partition coefficient (Wildman–Crippen LogP) is 7.91. The normalized spacial score (nSPS) is 11.7. The number of nitrogens with zero attached hydrogens (tertiary/aromatic N) is 1. The van der Waals surface area contributed by atoms with Gasteiger partial charge in [0.1, 0.15) is 0 Å². The van der Waals surface area contributed by atoms with Crippen molar-refractivity contribution in [1.82, 2.24) is 4.57 Å². The average molecular weight is 398 g/mol. The monoisotopic (exact) mass is 397 g/mol. The molecule has 138 valence electrons. The minimum Gasteiger partial charge on any atom is -0.302 e. The van der Waals surface area contributed by atoms with E-state index in [1.165, 1.54) is 52.8 Å². The van der Waals surface area contributed by atoms with Crippen LogP contribution in [0.2, 0.25) is 0 Å². The van der Waals surface area contributed by atoms with Gasteiger partial charge in [-0.05, 0) is 59.3 Å². The fourth-order valence-corrected chi connectivity index (χ4v) is 5.88. The Morgan fingerprint density at radius 3 is 2.40 bits per heavy atom. The molecule has 0 fully saturated rings. The van der Waals surface area contributed by atoms with Gasteiger partial charge in [0.15, 0.2) is 0 Å². The molecule has 0 spiro atoms. The summed E-state index contributed by atoms with van der Waals surface area (Å²) in [6.45, 7) is 0. The maximum absolute atomic E-state index is 3.29. The van der Waals surface area contributed by atoms with E-state index in [4.69, 9.17) is 0 Å². The fraction of sp³-hybridized carbons (Fsp3) is 0. The molecule has 5 aromatic carbocycles. The van der Waals surface area contributed by atoms with Gasteiger partial charge in [0.25, 0.3) is 0 Å². The summed E-state index contributed by atoms with van der Waals surface area (Å²) in [7, 11) is 0. The van der Waals surface area contributed by atoms with Crippen molar-refractivity contribution in [3.8, 4) is 5.69 Å². The lowest BCUT2D eigenvalue weighted by molar-refractivity contribution is 1.18. The van der Waals surface area contributed by atoms with Crippen molar-refractivity contribution in [3.05, 3.63) is 103 Å². The van der Waals surface area contributed by atoms with Gasteiger partial charge < -0.3 is 4.57 Å². The van der Waals surface area contributed by atoms with E-state index in [9.17, 15) is 0 Å². The molecule has 0 saturated heterocycles. The summed E-state index contributed by atoms with van der Waals surface area (Å²) in [5.41, 5.74) is 3.43. The van der Waals surface area contributed by atoms with Gasteiger partial charge in [-0.2, -0.15) is 0 Å². The number of aromatic nitrogens is 1. The van der Waals surface area contributed by atoms with Gasteiger partial charge >= 0.3 is 0 Å². The predicted molar refractivity (Wildman–Crippen MR) is 129 cm³/mol. The van der Waals surface area contributed by atoms with Gasteiger partial charge in [0.05, 0.1) is 16.7 Å². The summed E-state index contributed by atoms with van der Waals surface area (Å²) in [6, 6.07) is 39.0. The van der Waals surface area contributed by atoms with Crippen molar-refractivity contribution in [2.24, 2.45) is 0 Å². The summed E-state index contributed by atoms with van der Waals surface area (Å²) in [5.74, 6) is 0. The molecular weight excluding hydrogens is 382 g/mol. The highest BCUT2D eigenvalue weighted by molar-refractivity contribution is 7.25. The molecule has 0 N–H and O–H groups in total. The molecular formula is C28H15NS. The highest BCUT2D eigenvalue weighted by Gasteiger charge is 2.15. The number of para-hydroxylation sites is 1. The van der Waals surface area contributed by atoms with Crippen LogP contribution in [0.25, 0.3) is 58.4 Å². The summed E-state index contributed by atoms with van der Waals surface area (Å²) < 4.78 is 4.99. The largest absolute Gasteiger partial charge is 0.302 e. The molecule has 0 unspecified atom stereocenters. The highest BCUT2D eigenvalue weighted by atomic mass is 32.1. The van der Waals surface area contributed by atoms with Gasteiger partial charge in [0.2, 0.25) is 0 Å². The first-order valence-corrected chi connectivity index (χ1v) is 10.9. The third-order valence-electron chi connectivity index (χ3n) is 6.03. The maximum atomic E-state index is 3.29. The summed E-state index contributed by atoms with van der Waals surface area (Å²) in [6.07, 6.45) is 0. The van der Waals surface area contributed by atoms with Crippen molar-refractivity contribution in [1.29, 1.82) is 0 Å². The van der Waals surface area contributed by atoms with Crippen molar-refractivity contribution in [2.75, 3.05) is 0 Å². The molecule has 0 bridgehead atoms. The zero-order valence-electron chi connectivity index (χ0n) is 16.0. The Kier molecular flexibility index (Phi) is 3.13. The van der Waals surface area contributed by atoms with Crippen LogP contribution in [0.5, 0.6) is 0 Å². The fourth-order valence-electron chi connectivity index (χ4n) is 4.75. The van der Waals surface area contributed by atoms with Crippen LogP contribution in [-0.4, -0.2) is 4.57 Å². The first-order valence-electron chi connectivity index (χ1n) is 10.0. The topological polar surface area (TPSA) is 4.93 Å². The zero-order valence-corrected chi connectivity index (χ0v) is 16.8. The van der Waals surface area contributed by atoms with E-state index in [0.29, 0.717) is 0 Å². The summed E-state index contributed by atoms with van der Waals surface area (Å²) in [5, 5.41) is 7.84. The van der Waals surface area contributed by atoms with Crippen molar-refractivity contribution < 1.29 is 0 Å². The van der Waals surface area contributed by atoms with Crippen LogP contribution in [0.15, 0.2) is 91.0 Å². The Morgan fingerprint density at radius 2 is 1.50 bits per heavy atom. The molecule has 0 atom stereocenters. The lowest BCUT2D eigenvalue weighted by Crippen LogP contribution is -1.92. The van der Waals surface area contributed by atoms with E-state index in [1.54, 1.807) is 0 Å². The molecule has 2 aromatic heterocycles. The van der Waals surface area contributed by atoms with Crippen LogP contribution in [0.1, 0.15) is 0 Å². The molecule has 0 aliphatic rings. The molecule has 2 heteroatoms. The smallest absolute Gasteiger partial charge is 0.0973 e. The van der Waals surface area contributed by atoms with E-state index < -0.39 is 0 Å². The molecule has 0 amide bonds. The van der Waals surface area contributed by atoms with Gasteiger partial charge in [-0.1, -0.05) is 54.6 Å². The molecule has 0 aliphatic carbocycles. The second-order valence-corrected chi connectivity index (χ2v) is 8.74. The van der Waals surface area contributed by atoms with Crippen LogP contribution in [0, 0.1) is 12.1 Å². The van der Waals surface area contributed by atoms with Gasteiger partial charge in [-0.15, -0.1) is 11.3 Å². The van der Waals surface area contributed by atoms with Crippen LogP contribution in [-0.2, 0) is 0 Å². The number of thiophene rings is 1. The standard InChI is InChI=1S/C28H15NS/c1-2-8-19(9-3-1)29-24-12-6-4-11-21(24)28-22-17-23-20-10-5-7-13-26(20)30-27(23)16-18(22)14-15-25(28)29/h1-2,4-8,10-17H. The lowest BCUT2D eigenvalue weighted by Gasteiger charge is -2.06. The molecule has 7 rings (SSSR count). The molecule has 1 nitrogen and oxygen atoms in total. The second kappa shape index (κ2) is 5.86. The number of hydrogen-bond acceptors (Lipinski definition) is 1. The maximum Gasteiger partial charge on any atom is 0.0973 e. The number of rotatable bonds is 1. The highest BCUT2D eigenvalue weighted by Crippen LogP contribution is 2.41. The molecule has 7 aromatic rings. The molecule has 0 aliphatic heterocycles. The quantitative estimate of drug-likeness (QED) is 0.265. The minimum absolute atomic E-state index is 1.02. The molecule has 2 heterocycles. The number of hydrogen-bond donors (Lipinski definition) is 0. The van der Waals surface area contributed by atoms with E-state index in [-0.39, 0.29) is 0 Å². The molecule has 0 saturated carbocycles. The molecule has 0 radical (unpaired) electrons. The third-order valence-corrected chi connectivity index (χ3v) is 7.16.